The summed E-state index contributed by atoms with van der Waals surface area (Å²) in [6.07, 6.45) is 1.52. The molecule has 1 N–H and O–H groups in total. The number of para-hydroxylation sites is 3. The highest BCUT2D eigenvalue weighted by Gasteiger charge is 2.21. The number of methoxy groups -OCH3 is 2. The Kier molecular flexibility index (Phi) is 7.20. The van der Waals surface area contributed by atoms with Crippen molar-refractivity contribution in [1.29, 1.82) is 0 Å². The van der Waals surface area contributed by atoms with Crippen molar-refractivity contribution in [1.82, 2.24) is 4.31 Å². The highest BCUT2D eigenvalue weighted by Crippen LogP contribution is 2.23. The molecule has 1 amide bonds. The topological polar surface area (TPSA) is 84.9 Å². The van der Waals surface area contributed by atoms with E-state index in [1.54, 1.807) is 31.4 Å². The number of nitrogens with one attached hydrogen (secondary N) is 1. The van der Waals surface area contributed by atoms with Gasteiger partial charge in [0.15, 0.2) is 0 Å². The quantitative estimate of drug-likeness (QED) is 0.707. The lowest BCUT2D eigenvalue weighted by Crippen LogP contribution is -2.38. The minimum absolute atomic E-state index is 0.165. The fourth-order valence-electron chi connectivity index (χ4n) is 2.61. The third-order valence-corrected chi connectivity index (χ3v) is 5.24. The molecule has 0 fully saturated rings. The number of carbonyl (C=O) groups excluding carboxylic acids is 1. The number of hydrogen-bond donors (Lipinski definition) is 1. The second-order valence-corrected chi connectivity index (χ2v) is 7.89. The number of carbonyl (C=O) groups is 1. The number of sulfonamides is 1. The van der Waals surface area contributed by atoms with Crippen LogP contribution >= 0.6 is 0 Å². The van der Waals surface area contributed by atoms with Gasteiger partial charge >= 0.3 is 0 Å². The summed E-state index contributed by atoms with van der Waals surface area (Å²) >= 11 is 0. The Morgan fingerprint density at radius 1 is 1.00 bits per heavy atom. The van der Waals surface area contributed by atoms with Gasteiger partial charge in [0, 0.05) is 6.54 Å². The van der Waals surface area contributed by atoms with Crippen LogP contribution in [-0.4, -0.2) is 52.2 Å². The summed E-state index contributed by atoms with van der Waals surface area (Å²) in [5.41, 5.74) is 1.36. The van der Waals surface area contributed by atoms with Crippen molar-refractivity contribution in [3.05, 3.63) is 54.1 Å². The van der Waals surface area contributed by atoms with Crippen LogP contribution in [-0.2, 0) is 21.2 Å². The van der Waals surface area contributed by atoms with E-state index in [4.69, 9.17) is 9.47 Å². The molecule has 0 atom stereocenters. The van der Waals surface area contributed by atoms with Crippen LogP contribution in [0.2, 0.25) is 0 Å². The molecule has 146 valence electrons. The first-order valence-electron chi connectivity index (χ1n) is 8.35. The van der Waals surface area contributed by atoms with Crippen LogP contribution in [0.15, 0.2) is 48.5 Å². The standard InChI is InChI=1S/C19H24N2O5S/c1-25-17-10-6-4-8-15(17)12-13-21(27(3,23)24)14-19(22)20-16-9-5-7-11-18(16)26-2/h4-11H,12-14H2,1-3H3,(H,20,22). The molecule has 0 bridgehead atoms. The molecule has 7 nitrogen and oxygen atoms in total. The molecule has 0 aliphatic rings. The molecule has 27 heavy (non-hydrogen) atoms. The molecule has 2 aromatic carbocycles. The monoisotopic (exact) mass is 392 g/mol. The number of amides is 1. The lowest BCUT2D eigenvalue weighted by atomic mass is 10.1. The predicted octanol–water partition coefficient (Wildman–Crippen LogP) is 2.15. The number of rotatable bonds is 9. The first kappa shape index (κ1) is 20.7. The SMILES string of the molecule is COc1ccccc1CCN(CC(=O)Nc1ccccc1OC)S(C)(=O)=O. The molecule has 2 aromatic rings. The number of benzene rings is 2. The molecule has 0 saturated carbocycles. The Hall–Kier alpha value is -2.58. The van der Waals surface area contributed by atoms with Gasteiger partial charge in [0.1, 0.15) is 11.5 Å². The van der Waals surface area contributed by atoms with Gasteiger partial charge in [-0.15, -0.1) is 0 Å². The molecule has 0 aromatic heterocycles. The van der Waals surface area contributed by atoms with Crippen molar-refractivity contribution in [3.8, 4) is 11.5 Å². The molecule has 0 spiro atoms. The molecular weight excluding hydrogens is 368 g/mol. The molecule has 0 radical (unpaired) electrons. The van der Waals surface area contributed by atoms with Crippen LogP contribution in [0.3, 0.4) is 0 Å². The lowest BCUT2D eigenvalue weighted by molar-refractivity contribution is -0.116. The van der Waals surface area contributed by atoms with Crippen LogP contribution in [0.1, 0.15) is 5.56 Å². The van der Waals surface area contributed by atoms with Crippen LogP contribution in [0.5, 0.6) is 11.5 Å². The first-order valence-corrected chi connectivity index (χ1v) is 10.2. The minimum atomic E-state index is -3.56. The van der Waals surface area contributed by atoms with Gasteiger partial charge in [-0.05, 0) is 30.2 Å². The number of nitrogens with zero attached hydrogens (tertiary/aromatic N) is 1. The van der Waals surface area contributed by atoms with E-state index in [0.717, 1.165) is 16.1 Å². The van der Waals surface area contributed by atoms with Gasteiger partial charge in [-0.3, -0.25) is 4.79 Å². The molecular formula is C19H24N2O5S. The molecule has 0 heterocycles. The molecule has 0 aliphatic heterocycles. The number of ether oxygens (including phenoxy) is 2. The maximum Gasteiger partial charge on any atom is 0.239 e. The molecule has 0 saturated heterocycles. The molecule has 0 aliphatic carbocycles. The summed E-state index contributed by atoms with van der Waals surface area (Å²) in [6.45, 7) is -0.120. The van der Waals surface area contributed by atoms with E-state index in [-0.39, 0.29) is 13.1 Å². The fraction of sp³-hybridized carbons (Fsp3) is 0.316. The van der Waals surface area contributed by atoms with Gasteiger partial charge in [0.25, 0.3) is 0 Å². The summed E-state index contributed by atoms with van der Waals surface area (Å²) in [6, 6.07) is 14.3. The Balaban J connectivity index is 2.07. The normalized spacial score (nSPS) is 11.3. The van der Waals surface area contributed by atoms with Gasteiger partial charge in [0.2, 0.25) is 15.9 Å². The van der Waals surface area contributed by atoms with Crippen molar-refractivity contribution in [2.75, 3.05) is 38.9 Å². The average molecular weight is 392 g/mol. The van der Waals surface area contributed by atoms with E-state index in [1.165, 1.54) is 7.11 Å². The predicted molar refractivity (Wildman–Crippen MR) is 105 cm³/mol. The van der Waals surface area contributed by atoms with E-state index in [9.17, 15) is 13.2 Å². The average Bonchev–Trinajstić information content (AvgIpc) is 2.64. The zero-order chi connectivity index (χ0) is 19.9. The van der Waals surface area contributed by atoms with Crippen molar-refractivity contribution in [3.63, 3.8) is 0 Å². The maximum atomic E-state index is 12.4. The Morgan fingerprint density at radius 2 is 1.59 bits per heavy atom. The van der Waals surface area contributed by atoms with Gasteiger partial charge in [-0.1, -0.05) is 30.3 Å². The third kappa shape index (κ3) is 5.97. The Labute approximate surface area is 160 Å². The van der Waals surface area contributed by atoms with Gasteiger partial charge < -0.3 is 14.8 Å². The zero-order valence-corrected chi connectivity index (χ0v) is 16.5. The second-order valence-electron chi connectivity index (χ2n) is 5.91. The Bertz CT molecular complexity index is 883. The van der Waals surface area contributed by atoms with Crippen molar-refractivity contribution in [2.45, 2.75) is 6.42 Å². The van der Waals surface area contributed by atoms with Crippen LogP contribution < -0.4 is 14.8 Å². The van der Waals surface area contributed by atoms with Gasteiger partial charge in [0.05, 0.1) is 32.7 Å². The van der Waals surface area contributed by atoms with E-state index in [1.807, 2.05) is 24.3 Å². The second kappa shape index (κ2) is 9.38. The van der Waals surface area contributed by atoms with Crippen molar-refractivity contribution < 1.29 is 22.7 Å². The van der Waals surface area contributed by atoms with Gasteiger partial charge in [-0.25, -0.2) is 8.42 Å². The van der Waals surface area contributed by atoms with Crippen molar-refractivity contribution >= 4 is 21.6 Å². The molecule has 0 unspecified atom stereocenters. The third-order valence-electron chi connectivity index (χ3n) is 3.99. The van der Waals surface area contributed by atoms with Gasteiger partial charge in [-0.2, -0.15) is 4.31 Å². The zero-order valence-electron chi connectivity index (χ0n) is 15.6. The van der Waals surface area contributed by atoms with E-state index in [2.05, 4.69) is 5.32 Å². The van der Waals surface area contributed by atoms with Crippen molar-refractivity contribution in [2.24, 2.45) is 0 Å². The Morgan fingerprint density at radius 3 is 2.22 bits per heavy atom. The summed E-state index contributed by atoms with van der Waals surface area (Å²) in [4.78, 5) is 12.4. The van der Waals surface area contributed by atoms with E-state index >= 15 is 0 Å². The number of hydrogen-bond acceptors (Lipinski definition) is 5. The fourth-order valence-corrected chi connectivity index (χ4v) is 3.39. The highest BCUT2D eigenvalue weighted by molar-refractivity contribution is 7.88. The first-order chi connectivity index (χ1) is 12.8. The lowest BCUT2D eigenvalue weighted by Gasteiger charge is -2.20. The molecule has 8 heteroatoms. The summed E-state index contributed by atoms with van der Waals surface area (Å²) in [7, 11) is -0.493. The summed E-state index contributed by atoms with van der Waals surface area (Å²) in [5.74, 6) is 0.750. The maximum absolute atomic E-state index is 12.4. The minimum Gasteiger partial charge on any atom is -0.496 e. The van der Waals surface area contributed by atoms with E-state index < -0.39 is 15.9 Å². The van der Waals surface area contributed by atoms with Crippen LogP contribution in [0, 0.1) is 0 Å². The van der Waals surface area contributed by atoms with Crippen LogP contribution in [0.25, 0.3) is 0 Å². The molecule has 2 rings (SSSR count). The smallest absolute Gasteiger partial charge is 0.239 e. The summed E-state index contributed by atoms with van der Waals surface area (Å²) < 4.78 is 35.8. The largest absolute Gasteiger partial charge is 0.496 e. The van der Waals surface area contributed by atoms with E-state index in [0.29, 0.717) is 23.6 Å². The summed E-state index contributed by atoms with van der Waals surface area (Å²) in [5, 5.41) is 2.69. The highest BCUT2D eigenvalue weighted by atomic mass is 32.2. The number of anilines is 1. The van der Waals surface area contributed by atoms with Crippen LogP contribution in [0.4, 0.5) is 5.69 Å².